The third-order valence-corrected chi connectivity index (χ3v) is 8.54. The van der Waals surface area contributed by atoms with Crippen LogP contribution in [0.15, 0.2) is 48.5 Å². The monoisotopic (exact) mass is 593 g/mol. The first-order chi connectivity index (χ1) is 21.1. The van der Waals surface area contributed by atoms with Crippen LogP contribution in [0.5, 0.6) is 11.5 Å². The Balaban J connectivity index is 1.41. The molecular weight excluding hydrogens is 538 g/mol. The summed E-state index contributed by atoms with van der Waals surface area (Å²) in [5, 5.41) is 3.18. The van der Waals surface area contributed by atoms with Gasteiger partial charge in [-0.25, -0.2) is 0 Å². The van der Waals surface area contributed by atoms with Crippen molar-refractivity contribution in [1.29, 1.82) is 0 Å². The van der Waals surface area contributed by atoms with Gasteiger partial charge in [-0.2, -0.15) is 0 Å². The zero-order valence-corrected chi connectivity index (χ0v) is 26.7. The maximum Gasteiger partial charge on any atom is 0.220 e. The van der Waals surface area contributed by atoms with E-state index in [1.165, 1.54) is 63.4 Å². The average molecular weight is 594 g/mol. The minimum absolute atomic E-state index is 0.0299. The van der Waals surface area contributed by atoms with E-state index in [9.17, 15) is 9.59 Å². The van der Waals surface area contributed by atoms with Crippen molar-refractivity contribution in [2.24, 2.45) is 11.8 Å². The third-order valence-electron chi connectivity index (χ3n) is 8.54. The zero-order chi connectivity index (χ0) is 30.5. The van der Waals surface area contributed by atoms with Crippen LogP contribution < -0.4 is 14.8 Å². The van der Waals surface area contributed by atoms with Crippen molar-refractivity contribution in [3.05, 3.63) is 59.7 Å². The van der Waals surface area contributed by atoms with Crippen molar-refractivity contribution >= 4 is 11.7 Å². The Morgan fingerprint density at radius 1 is 0.814 bits per heavy atom. The molecule has 238 valence electrons. The second kappa shape index (κ2) is 20.9. The number of rotatable bonds is 23. The van der Waals surface area contributed by atoms with Crippen LogP contribution in [0.25, 0.3) is 0 Å². The number of ether oxygens (including phenoxy) is 3. The summed E-state index contributed by atoms with van der Waals surface area (Å²) in [6.45, 7) is 4.67. The first-order valence-electron chi connectivity index (χ1n) is 16.8. The number of hydrogen-bond acceptors (Lipinski definition) is 5. The Bertz CT molecular complexity index is 1030. The molecule has 1 N–H and O–H groups in total. The van der Waals surface area contributed by atoms with E-state index in [-0.39, 0.29) is 11.7 Å². The van der Waals surface area contributed by atoms with E-state index in [1.807, 2.05) is 0 Å². The number of benzene rings is 2. The number of ketones is 1. The van der Waals surface area contributed by atoms with Crippen LogP contribution in [-0.4, -0.2) is 45.2 Å². The molecule has 2 aromatic rings. The molecule has 6 nitrogen and oxygen atoms in total. The van der Waals surface area contributed by atoms with Crippen molar-refractivity contribution in [2.75, 3.05) is 33.5 Å². The van der Waals surface area contributed by atoms with E-state index < -0.39 is 0 Å². The van der Waals surface area contributed by atoms with Crippen LogP contribution in [0.4, 0.5) is 0 Å². The van der Waals surface area contributed by atoms with Gasteiger partial charge >= 0.3 is 0 Å². The van der Waals surface area contributed by atoms with Crippen molar-refractivity contribution < 1.29 is 23.8 Å². The van der Waals surface area contributed by atoms with Gasteiger partial charge in [-0.05, 0) is 79.5 Å². The average Bonchev–Trinajstić information content (AvgIpc) is 3.54. The highest BCUT2D eigenvalue weighted by Crippen LogP contribution is 2.30. The lowest BCUT2D eigenvalue weighted by Gasteiger charge is -2.19. The molecule has 1 fully saturated rings. The molecule has 1 atom stereocenters. The standard InChI is InChI=1S/C37H55NO5/c1-3-4-5-8-25-42-34-21-17-31(18-22-34)28-32(14-9-13-30-11-6-7-12-30)29-38-37(40)16-10-15-36(39)33-19-23-35(24-20-33)43-27-26-41-2/h17-24,30,32H,3-16,25-29H2,1-2H3,(H,38,40). The minimum Gasteiger partial charge on any atom is -0.494 e. The van der Waals surface area contributed by atoms with Gasteiger partial charge in [0.05, 0.1) is 13.2 Å². The summed E-state index contributed by atoms with van der Waals surface area (Å²) in [5.74, 6) is 3.02. The second-order valence-corrected chi connectivity index (χ2v) is 12.2. The molecule has 0 saturated heterocycles. The van der Waals surface area contributed by atoms with Crippen molar-refractivity contribution in [2.45, 2.75) is 103 Å². The lowest BCUT2D eigenvalue weighted by Crippen LogP contribution is -2.30. The van der Waals surface area contributed by atoms with Crippen LogP contribution in [0, 0.1) is 11.8 Å². The van der Waals surface area contributed by atoms with E-state index in [1.54, 1.807) is 31.4 Å². The summed E-state index contributed by atoms with van der Waals surface area (Å²) in [6.07, 6.45) is 16.2. The predicted molar refractivity (Wildman–Crippen MR) is 174 cm³/mol. The van der Waals surface area contributed by atoms with E-state index in [0.717, 1.165) is 37.5 Å². The molecular formula is C37H55NO5. The number of hydrogen-bond donors (Lipinski definition) is 1. The summed E-state index contributed by atoms with van der Waals surface area (Å²) in [4.78, 5) is 25.3. The molecule has 1 saturated carbocycles. The molecule has 0 bridgehead atoms. The molecule has 0 heterocycles. The molecule has 1 unspecified atom stereocenters. The Morgan fingerprint density at radius 3 is 2.21 bits per heavy atom. The number of carbonyl (C=O) groups excluding carboxylic acids is 2. The molecule has 0 aromatic heterocycles. The SMILES string of the molecule is CCCCCCOc1ccc(CC(CCCC2CCCC2)CNC(=O)CCCC(=O)c2ccc(OCCOC)cc2)cc1. The van der Waals surface area contributed by atoms with E-state index in [2.05, 4.69) is 36.5 Å². The number of Topliss-reactive ketones (excluding diaryl/α,β-unsaturated/α-hetero) is 1. The molecule has 43 heavy (non-hydrogen) atoms. The van der Waals surface area contributed by atoms with Gasteiger partial charge < -0.3 is 19.5 Å². The molecule has 1 amide bonds. The molecule has 3 rings (SSSR count). The number of amides is 1. The molecule has 1 aliphatic carbocycles. The van der Waals surface area contributed by atoms with Gasteiger partial charge in [0, 0.05) is 32.1 Å². The number of nitrogens with one attached hydrogen (secondary N) is 1. The Labute approximate surface area is 260 Å². The normalized spacial score (nSPS) is 14.0. The van der Waals surface area contributed by atoms with Crippen molar-refractivity contribution in [3.63, 3.8) is 0 Å². The van der Waals surface area contributed by atoms with Crippen LogP contribution in [0.3, 0.4) is 0 Å². The fraction of sp³-hybridized carbons (Fsp3) is 0.622. The number of carbonyl (C=O) groups is 2. The lowest BCUT2D eigenvalue weighted by atomic mass is 9.91. The summed E-state index contributed by atoms with van der Waals surface area (Å²) in [5.41, 5.74) is 1.94. The van der Waals surface area contributed by atoms with Gasteiger partial charge in [0.2, 0.25) is 5.91 Å². The quantitative estimate of drug-likeness (QED) is 0.104. The van der Waals surface area contributed by atoms with Gasteiger partial charge in [-0.3, -0.25) is 9.59 Å². The summed E-state index contributed by atoms with van der Waals surface area (Å²) in [7, 11) is 1.63. The second-order valence-electron chi connectivity index (χ2n) is 12.2. The van der Waals surface area contributed by atoms with Gasteiger partial charge in [0.15, 0.2) is 5.78 Å². The van der Waals surface area contributed by atoms with Gasteiger partial charge in [0.25, 0.3) is 0 Å². The first-order valence-corrected chi connectivity index (χ1v) is 16.8. The third kappa shape index (κ3) is 14.4. The van der Waals surface area contributed by atoms with Gasteiger partial charge in [-0.1, -0.05) is 76.8 Å². The molecule has 0 radical (unpaired) electrons. The molecule has 0 spiro atoms. The Kier molecular flexibility index (Phi) is 16.9. The maximum absolute atomic E-state index is 12.7. The van der Waals surface area contributed by atoms with E-state index in [4.69, 9.17) is 14.2 Å². The smallest absolute Gasteiger partial charge is 0.220 e. The van der Waals surface area contributed by atoms with E-state index in [0.29, 0.717) is 56.3 Å². The fourth-order valence-corrected chi connectivity index (χ4v) is 5.92. The highest BCUT2D eigenvalue weighted by Gasteiger charge is 2.17. The highest BCUT2D eigenvalue weighted by atomic mass is 16.5. The molecule has 2 aromatic carbocycles. The van der Waals surface area contributed by atoms with Crippen LogP contribution in [-0.2, 0) is 16.0 Å². The predicted octanol–water partition coefficient (Wildman–Crippen LogP) is 8.36. The summed E-state index contributed by atoms with van der Waals surface area (Å²) >= 11 is 0. The summed E-state index contributed by atoms with van der Waals surface area (Å²) in [6, 6.07) is 15.7. The molecule has 1 aliphatic rings. The molecule has 0 aliphatic heterocycles. The number of methoxy groups -OCH3 is 1. The zero-order valence-electron chi connectivity index (χ0n) is 26.7. The lowest BCUT2D eigenvalue weighted by molar-refractivity contribution is -0.121. The van der Waals surface area contributed by atoms with Crippen LogP contribution in [0.2, 0.25) is 0 Å². The van der Waals surface area contributed by atoms with Crippen LogP contribution in [0.1, 0.15) is 113 Å². The summed E-state index contributed by atoms with van der Waals surface area (Å²) < 4.78 is 16.5. The van der Waals surface area contributed by atoms with E-state index >= 15 is 0 Å². The van der Waals surface area contributed by atoms with Gasteiger partial charge in [0.1, 0.15) is 18.1 Å². The van der Waals surface area contributed by atoms with Crippen LogP contribution >= 0.6 is 0 Å². The Hall–Kier alpha value is -2.86. The van der Waals surface area contributed by atoms with Crippen molar-refractivity contribution in [3.8, 4) is 11.5 Å². The minimum atomic E-state index is 0.0299. The fourth-order valence-electron chi connectivity index (χ4n) is 5.92. The molecule has 6 heteroatoms. The topological polar surface area (TPSA) is 73.9 Å². The largest absolute Gasteiger partial charge is 0.494 e. The first kappa shape index (κ1) is 34.6. The van der Waals surface area contributed by atoms with Crippen molar-refractivity contribution in [1.82, 2.24) is 5.32 Å². The highest BCUT2D eigenvalue weighted by molar-refractivity contribution is 5.96. The van der Waals surface area contributed by atoms with Gasteiger partial charge in [-0.15, -0.1) is 0 Å². The maximum atomic E-state index is 12.7. The Morgan fingerprint density at radius 2 is 1.51 bits per heavy atom. The number of unbranched alkanes of at least 4 members (excludes halogenated alkanes) is 3.